The zero-order chi connectivity index (χ0) is 12.4. The van der Waals surface area contributed by atoms with Crippen LogP contribution in [0.1, 0.15) is 36.8 Å². The minimum Gasteiger partial charge on any atom is -0.342 e. The summed E-state index contributed by atoms with van der Waals surface area (Å²) in [6.45, 7) is 5.12. The van der Waals surface area contributed by atoms with Crippen molar-refractivity contribution in [3.63, 3.8) is 0 Å². The first-order valence-corrected chi connectivity index (χ1v) is 6.88. The first-order chi connectivity index (χ1) is 8.11. The molecule has 3 heteroatoms. The van der Waals surface area contributed by atoms with Crippen LogP contribution < -0.4 is 0 Å². The number of carbonyl (C=O) groups excluding carboxylic acids is 1. The molecule has 0 saturated carbocycles. The van der Waals surface area contributed by atoms with Crippen molar-refractivity contribution < 1.29 is 4.79 Å². The fourth-order valence-corrected chi connectivity index (χ4v) is 3.11. The normalized spacial score (nSPS) is 24.8. The molecule has 0 bridgehead atoms. The number of piperidine rings is 1. The van der Waals surface area contributed by atoms with Gasteiger partial charge in [-0.05, 0) is 49.9 Å². The summed E-state index contributed by atoms with van der Waals surface area (Å²) in [5, 5.41) is 0. The lowest BCUT2D eigenvalue weighted by Crippen LogP contribution is -2.39. The predicted octanol–water partition coefficient (Wildman–Crippen LogP) is 3.48. The monoisotopic (exact) mass is 295 g/mol. The van der Waals surface area contributed by atoms with E-state index in [1.165, 1.54) is 17.5 Å². The third-order valence-electron chi connectivity index (χ3n) is 3.74. The lowest BCUT2D eigenvalue weighted by atomic mass is 9.86. The highest BCUT2D eigenvalue weighted by Crippen LogP contribution is 2.32. The molecule has 92 valence electrons. The molecule has 1 saturated heterocycles. The quantitative estimate of drug-likeness (QED) is 0.765. The van der Waals surface area contributed by atoms with Crippen LogP contribution in [0.25, 0.3) is 0 Å². The molecular weight excluding hydrogens is 278 g/mol. The van der Waals surface area contributed by atoms with Crippen LogP contribution >= 0.6 is 15.9 Å². The smallest absolute Gasteiger partial charge is 0.209 e. The molecule has 1 aliphatic heterocycles. The number of hydrogen-bond acceptors (Lipinski definition) is 1. The Morgan fingerprint density at radius 2 is 2.18 bits per heavy atom. The van der Waals surface area contributed by atoms with Crippen molar-refractivity contribution in [1.82, 2.24) is 4.90 Å². The van der Waals surface area contributed by atoms with Crippen LogP contribution in [0.5, 0.6) is 0 Å². The summed E-state index contributed by atoms with van der Waals surface area (Å²) >= 11 is 3.49. The van der Waals surface area contributed by atoms with Gasteiger partial charge in [-0.3, -0.25) is 4.79 Å². The Kier molecular flexibility index (Phi) is 3.87. The molecule has 1 amide bonds. The van der Waals surface area contributed by atoms with E-state index in [2.05, 4.69) is 48.0 Å². The highest BCUT2D eigenvalue weighted by molar-refractivity contribution is 9.10. The van der Waals surface area contributed by atoms with Gasteiger partial charge in [0.25, 0.3) is 0 Å². The number of halogens is 1. The van der Waals surface area contributed by atoms with E-state index in [1.807, 2.05) is 4.90 Å². The average molecular weight is 296 g/mol. The van der Waals surface area contributed by atoms with Crippen molar-refractivity contribution >= 4 is 22.3 Å². The van der Waals surface area contributed by atoms with Crippen molar-refractivity contribution in [2.24, 2.45) is 0 Å². The Morgan fingerprint density at radius 3 is 2.82 bits per heavy atom. The van der Waals surface area contributed by atoms with Crippen LogP contribution in [-0.2, 0) is 4.79 Å². The van der Waals surface area contributed by atoms with Crippen molar-refractivity contribution in [1.29, 1.82) is 0 Å². The first-order valence-electron chi connectivity index (χ1n) is 6.09. The van der Waals surface area contributed by atoms with Gasteiger partial charge in [0.15, 0.2) is 0 Å². The van der Waals surface area contributed by atoms with Crippen LogP contribution in [0.2, 0.25) is 0 Å². The molecule has 2 unspecified atom stereocenters. The maximum absolute atomic E-state index is 11.0. The van der Waals surface area contributed by atoms with Gasteiger partial charge in [0.2, 0.25) is 6.41 Å². The molecule has 0 aromatic heterocycles. The third kappa shape index (κ3) is 2.71. The van der Waals surface area contributed by atoms with Crippen LogP contribution in [0.15, 0.2) is 22.7 Å². The molecule has 0 aliphatic carbocycles. The van der Waals surface area contributed by atoms with E-state index in [0.29, 0.717) is 12.0 Å². The average Bonchev–Trinajstić information content (AvgIpc) is 2.30. The van der Waals surface area contributed by atoms with Crippen molar-refractivity contribution in [3.05, 3.63) is 33.8 Å². The van der Waals surface area contributed by atoms with Gasteiger partial charge in [-0.2, -0.15) is 0 Å². The standard InChI is InChI=1S/C14H18BrNO/c1-10-7-13(15)5-6-14(10)12-4-3-11(2)16(8-12)9-17/h5-7,9,11-12H,3-4,8H2,1-2H3. The molecule has 2 nitrogen and oxygen atoms in total. The topological polar surface area (TPSA) is 20.3 Å². The van der Waals surface area contributed by atoms with Gasteiger partial charge in [-0.25, -0.2) is 0 Å². The number of carbonyl (C=O) groups is 1. The van der Waals surface area contributed by atoms with E-state index in [1.54, 1.807) is 0 Å². The Balaban J connectivity index is 2.20. The van der Waals surface area contributed by atoms with Gasteiger partial charge in [-0.1, -0.05) is 22.0 Å². The zero-order valence-electron chi connectivity index (χ0n) is 10.3. The summed E-state index contributed by atoms with van der Waals surface area (Å²) < 4.78 is 1.12. The molecule has 0 radical (unpaired) electrons. The molecule has 1 aliphatic rings. The van der Waals surface area contributed by atoms with Crippen molar-refractivity contribution in [2.75, 3.05) is 6.54 Å². The van der Waals surface area contributed by atoms with Gasteiger partial charge in [0.05, 0.1) is 0 Å². The molecule has 1 heterocycles. The molecule has 1 aromatic carbocycles. The molecule has 0 N–H and O–H groups in total. The number of likely N-dealkylation sites (tertiary alicyclic amines) is 1. The number of benzene rings is 1. The lowest BCUT2D eigenvalue weighted by Gasteiger charge is -2.36. The van der Waals surface area contributed by atoms with Crippen LogP contribution in [0.3, 0.4) is 0 Å². The number of amides is 1. The summed E-state index contributed by atoms with van der Waals surface area (Å²) in [5.74, 6) is 0.490. The second kappa shape index (κ2) is 5.21. The predicted molar refractivity (Wildman–Crippen MR) is 73.1 cm³/mol. The minimum atomic E-state index is 0.388. The van der Waals surface area contributed by atoms with Crippen LogP contribution in [0, 0.1) is 6.92 Å². The number of nitrogens with zero attached hydrogens (tertiary/aromatic N) is 1. The maximum atomic E-state index is 11.0. The van der Waals surface area contributed by atoms with Gasteiger partial charge >= 0.3 is 0 Å². The molecule has 1 fully saturated rings. The highest BCUT2D eigenvalue weighted by atomic mass is 79.9. The van der Waals surface area contributed by atoms with Crippen molar-refractivity contribution in [3.8, 4) is 0 Å². The molecule has 2 atom stereocenters. The SMILES string of the molecule is Cc1cc(Br)ccc1C1CCC(C)N(C=O)C1. The second-order valence-electron chi connectivity index (χ2n) is 4.93. The Hall–Kier alpha value is -0.830. The van der Waals surface area contributed by atoms with Gasteiger partial charge in [-0.15, -0.1) is 0 Å². The Morgan fingerprint density at radius 1 is 1.41 bits per heavy atom. The van der Waals surface area contributed by atoms with Gasteiger partial charge in [0, 0.05) is 23.0 Å². The number of rotatable bonds is 2. The van der Waals surface area contributed by atoms with Crippen LogP contribution in [0.4, 0.5) is 0 Å². The Labute approximate surface area is 111 Å². The lowest BCUT2D eigenvalue weighted by molar-refractivity contribution is -0.121. The fraction of sp³-hybridized carbons (Fsp3) is 0.500. The summed E-state index contributed by atoms with van der Waals surface area (Å²) in [7, 11) is 0. The molecule has 0 spiro atoms. The maximum Gasteiger partial charge on any atom is 0.209 e. The van der Waals surface area contributed by atoms with Crippen LogP contribution in [-0.4, -0.2) is 23.9 Å². The van der Waals surface area contributed by atoms with E-state index in [4.69, 9.17) is 0 Å². The van der Waals surface area contributed by atoms with E-state index < -0.39 is 0 Å². The molecule has 17 heavy (non-hydrogen) atoms. The summed E-state index contributed by atoms with van der Waals surface area (Å²) in [5.41, 5.74) is 2.69. The molecule has 1 aromatic rings. The Bertz CT molecular complexity index is 419. The van der Waals surface area contributed by atoms with Gasteiger partial charge in [0.1, 0.15) is 0 Å². The second-order valence-corrected chi connectivity index (χ2v) is 5.84. The first kappa shape index (κ1) is 12.6. The summed E-state index contributed by atoms with van der Waals surface area (Å²) in [4.78, 5) is 12.9. The summed E-state index contributed by atoms with van der Waals surface area (Å²) in [6.07, 6.45) is 3.26. The molecular formula is C14H18BrNO. The van der Waals surface area contributed by atoms with E-state index in [0.717, 1.165) is 23.8 Å². The van der Waals surface area contributed by atoms with E-state index in [-0.39, 0.29) is 0 Å². The third-order valence-corrected chi connectivity index (χ3v) is 4.23. The molecule has 2 rings (SSSR count). The van der Waals surface area contributed by atoms with E-state index in [9.17, 15) is 4.79 Å². The van der Waals surface area contributed by atoms with E-state index >= 15 is 0 Å². The zero-order valence-corrected chi connectivity index (χ0v) is 11.9. The highest BCUT2D eigenvalue weighted by Gasteiger charge is 2.26. The van der Waals surface area contributed by atoms with Gasteiger partial charge < -0.3 is 4.90 Å². The largest absolute Gasteiger partial charge is 0.342 e. The fourth-order valence-electron chi connectivity index (χ4n) is 2.63. The number of aryl methyl sites for hydroxylation is 1. The van der Waals surface area contributed by atoms with Crippen molar-refractivity contribution in [2.45, 2.75) is 38.6 Å². The minimum absolute atomic E-state index is 0.388. The summed E-state index contributed by atoms with van der Waals surface area (Å²) in [6, 6.07) is 6.81. The number of hydrogen-bond donors (Lipinski definition) is 0.